The first kappa shape index (κ1) is 19.1. The average molecular weight is 354 g/mol. The molecule has 1 aliphatic heterocycles. The van der Waals surface area contributed by atoms with Crippen molar-refractivity contribution < 1.29 is 4.74 Å². The van der Waals surface area contributed by atoms with Crippen molar-refractivity contribution in [3.05, 3.63) is 16.1 Å². The minimum absolute atomic E-state index is 0.0757. The number of aromatic nitrogens is 1. The van der Waals surface area contributed by atoms with Gasteiger partial charge in [0.25, 0.3) is 0 Å². The molecule has 1 aromatic rings. The molecule has 0 aromatic carbocycles. The zero-order valence-corrected chi connectivity index (χ0v) is 16.2. The Kier molecular flexibility index (Phi) is 7.45. The number of nitrogens with one attached hydrogen (secondary N) is 2. The molecule has 24 heavy (non-hydrogen) atoms. The number of morpholine rings is 1. The molecule has 1 aliphatic rings. The van der Waals surface area contributed by atoms with Crippen molar-refractivity contribution in [1.29, 1.82) is 0 Å². The molecule has 1 aromatic heterocycles. The molecule has 136 valence electrons. The summed E-state index contributed by atoms with van der Waals surface area (Å²) in [6, 6.07) is 0. The van der Waals surface area contributed by atoms with Gasteiger partial charge in [-0.3, -0.25) is 9.89 Å². The van der Waals surface area contributed by atoms with Gasteiger partial charge in [-0.15, -0.1) is 11.3 Å². The number of guanidine groups is 1. The minimum Gasteiger partial charge on any atom is -0.379 e. The van der Waals surface area contributed by atoms with Gasteiger partial charge < -0.3 is 15.4 Å². The molecule has 7 heteroatoms. The van der Waals surface area contributed by atoms with Crippen molar-refractivity contribution in [2.75, 3.05) is 46.4 Å². The molecule has 1 fully saturated rings. The van der Waals surface area contributed by atoms with Gasteiger partial charge in [-0.2, -0.15) is 0 Å². The summed E-state index contributed by atoms with van der Waals surface area (Å²) in [5, 5.41) is 10.2. The average Bonchev–Trinajstić information content (AvgIpc) is 3.06. The summed E-state index contributed by atoms with van der Waals surface area (Å²) in [5.41, 5.74) is 1.24. The topological polar surface area (TPSA) is 61.8 Å². The maximum atomic E-state index is 5.44. The highest BCUT2D eigenvalue weighted by molar-refractivity contribution is 7.09. The highest BCUT2D eigenvalue weighted by Gasteiger charge is 2.28. The van der Waals surface area contributed by atoms with E-state index in [0.717, 1.165) is 63.9 Å². The van der Waals surface area contributed by atoms with E-state index in [4.69, 9.17) is 4.74 Å². The number of aryl methyl sites for hydroxylation is 1. The molecule has 6 nitrogen and oxygen atoms in total. The molecule has 2 N–H and O–H groups in total. The van der Waals surface area contributed by atoms with Crippen LogP contribution >= 0.6 is 11.3 Å². The summed E-state index contributed by atoms with van der Waals surface area (Å²) in [6.07, 6.45) is 1.93. The third-order valence-corrected chi connectivity index (χ3v) is 5.40. The summed E-state index contributed by atoms with van der Waals surface area (Å²) in [4.78, 5) is 11.4. The van der Waals surface area contributed by atoms with Crippen LogP contribution in [0.1, 0.15) is 31.5 Å². The largest absolute Gasteiger partial charge is 0.379 e. The third-order valence-electron chi connectivity index (χ3n) is 4.35. The Hall–Kier alpha value is -1.18. The van der Waals surface area contributed by atoms with E-state index in [2.05, 4.69) is 51.7 Å². The van der Waals surface area contributed by atoms with Crippen LogP contribution in [0.15, 0.2) is 10.4 Å². The van der Waals surface area contributed by atoms with E-state index in [-0.39, 0.29) is 5.54 Å². The Morgan fingerprint density at radius 3 is 2.75 bits per heavy atom. The molecule has 0 aliphatic carbocycles. The number of ether oxygens (including phenoxy) is 1. The summed E-state index contributed by atoms with van der Waals surface area (Å²) in [5.74, 6) is 0.849. The molecule has 0 radical (unpaired) electrons. The van der Waals surface area contributed by atoms with Crippen LogP contribution in [0.4, 0.5) is 0 Å². The summed E-state index contributed by atoms with van der Waals surface area (Å²) < 4.78 is 5.44. The molecule has 2 heterocycles. The lowest BCUT2D eigenvalue weighted by Gasteiger charge is -2.41. The first-order chi connectivity index (χ1) is 11.5. The first-order valence-corrected chi connectivity index (χ1v) is 9.63. The van der Waals surface area contributed by atoms with Gasteiger partial charge in [0.05, 0.1) is 23.9 Å². The van der Waals surface area contributed by atoms with Crippen LogP contribution in [0.3, 0.4) is 0 Å². The second kappa shape index (κ2) is 9.34. The van der Waals surface area contributed by atoms with Crippen molar-refractivity contribution in [2.24, 2.45) is 4.99 Å². The van der Waals surface area contributed by atoms with Crippen LogP contribution in [0, 0.1) is 0 Å². The van der Waals surface area contributed by atoms with E-state index in [1.165, 1.54) is 5.01 Å². The van der Waals surface area contributed by atoms with Crippen LogP contribution in [0.5, 0.6) is 0 Å². The highest BCUT2D eigenvalue weighted by Crippen LogP contribution is 2.15. The quantitative estimate of drug-likeness (QED) is 0.575. The Morgan fingerprint density at radius 2 is 2.12 bits per heavy atom. The van der Waals surface area contributed by atoms with Gasteiger partial charge in [-0.05, 0) is 20.3 Å². The molecule has 0 unspecified atom stereocenters. The molecular weight excluding hydrogens is 322 g/mol. The Balaban J connectivity index is 1.73. The summed E-state index contributed by atoms with van der Waals surface area (Å²) in [6.45, 7) is 12.0. The van der Waals surface area contributed by atoms with E-state index in [1.54, 1.807) is 11.3 Å². The highest BCUT2D eigenvalue weighted by atomic mass is 32.1. The van der Waals surface area contributed by atoms with E-state index in [1.807, 2.05) is 7.05 Å². The van der Waals surface area contributed by atoms with E-state index in [9.17, 15) is 0 Å². The van der Waals surface area contributed by atoms with Crippen LogP contribution in [-0.2, 0) is 17.6 Å². The lowest BCUT2D eigenvalue weighted by molar-refractivity contribution is -0.00833. The fourth-order valence-corrected chi connectivity index (χ4v) is 3.52. The van der Waals surface area contributed by atoms with Crippen molar-refractivity contribution in [2.45, 2.75) is 39.2 Å². The van der Waals surface area contributed by atoms with Gasteiger partial charge in [0.2, 0.25) is 0 Å². The maximum Gasteiger partial charge on any atom is 0.191 e. The molecule has 2 rings (SSSR count). The third kappa shape index (κ3) is 5.72. The second-order valence-electron chi connectivity index (χ2n) is 6.60. The smallest absolute Gasteiger partial charge is 0.191 e. The van der Waals surface area contributed by atoms with Crippen molar-refractivity contribution in [3.8, 4) is 0 Å². The zero-order chi connectivity index (χ0) is 17.4. The number of aliphatic imine (C=N–C) groups is 1. The lowest BCUT2D eigenvalue weighted by Crippen LogP contribution is -2.56. The molecular formula is C17H31N5OS. The van der Waals surface area contributed by atoms with Crippen LogP contribution < -0.4 is 10.6 Å². The zero-order valence-electron chi connectivity index (χ0n) is 15.4. The fourth-order valence-electron chi connectivity index (χ4n) is 2.74. The van der Waals surface area contributed by atoms with Gasteiger partial charge in [0.15, 0.2) is 5.96 Å². The SMILES string of the molecule is CCc1nc(CCNC(=NC)NCC(C)(C)N2CCOCC2)cs1. The molecule has 0 spiro atoms. The van der Waals surface area contributed by atoms with Gasteiger partial charge in [-0.25, -0.2) is 4.98 Å². The number of rotatable bonds is 7. The van der Waals surface area contributed by atoms with Gasteiger partial charge >= 0.3 is 0 Å². The number of thiazole rings is 1. The van der Waals surface area contributed by atoms with Crippen molar-refractivity contribution in [1.82, 2.24) is 20.5 Å². The van der Waals surface area contributed by atoms with Gasteiger partial charge in [-0.1, -0.05) is 6.92 Å². The Bertz CT molecular complexity index is 523. The van der Waals surface area contributed by atoms with Gasteiger partial charge in [0.1, 0.15) is 0 Å². The minimum atomic E-state index is 0.0757. The van der Waals surface area contributed by atoms with E-state index >= 15 is 0 Å². The predicted molar refractivity (Wildman–Crippen MR) is 101 cm³/mol. The van der Waals surface area contributed by atoms with Crippen LogP contribution in [0.2, 0.25) is 0 Å². The monoisotopic (exact) mass is 353 g/mol. The Labute approximate surface area is 149 Å². The maximum absolute atomic E-state index is 5.44. The Morgan fingerprint density at radius 1 is 1.38 bits per heavy atom. The van der Waals surface area contributed by atoms with Crippen LogP contribution in [0.25, 0.3) is 0 Å². The number of hydrogen-bond acceptors (Lipinski definition) is 5. The second-order valence-corrected chi connectivity index (χ2v) is 7.54. The fraction of sp³-hybridized carbons (Fsp3) is 0.765. The molecule has 0 amide bonds. The van der Waals surface area contributed by atoms with Crippen molar-refractivity contribution in [3.63, 3.8) is 0 Å². The van der Waals surface area contributed by atoms with E-state index in [0.29, 0.717) is 0 Å². The number of hydrogen-bond donors (Lipinski definition) is 2. The standard InChI is InChI=1S/C17H31N5OS/c1-5-15-21-14(12-24-15)6-7-19-16(18-4)20-13-17(2,3)22-8-10-23-11-9-22/h12H,5-11,13H2,1-4H3,(H2,18,19,20). The molecule has 0 bridgehead atoms. The predicted octanol–water partition coefficient (Wildman–Crippen LogP) is 1.52. The number of nitrogens with zero attached hydrogens (tertiary/aromatic N) is 3. The van der Waals surface area contributed by atoms with E-state index < -0.39 is 0 Å². The van der Waals surface area contributed by atoms with Gasteiger partial charge in [0, 0.05) is 50.6 Å². The van der Waals surface area contributed by atoms with Crippen molar-refractivity contribution >= 4 is 17.3 Å². The summed E-state index contributed by atoms with van der Waals surface area (Å²) in [7, 11) is 1.81. The van der Waals surface area contributed by atoms with Crippen LogP contribution in [-0.4, -0.2) is 67.8 Å². The lowest BCUT2D eigenvalue weighted by atomic mass is 10.0. The molecule has 1 saturated heterocycles. The first-order valence-electron chi connectivity index (χ1n) is 8.75. The molecule has 0 atom stereocenters. The summed E-state index contributed by atoms with van der Waals surface area (Å²) >= 11 is 1.74. The molecule has 0 saturated carbocycles. The normalized spacial score (nSPS) is 17.1.